The minimum absolute atomic E-state index is 0.158. The molecule has 1 amide bonds. The summed E-state index contributed by atoms with van der Waals surface area (Å²) in [5, 5.41) is 2.70. The van der Waals surface area contributed by atoms with E-state index >= 15 is 0 Å². The molecule has 0 saturated heterocycles. The first kappa shape index (κ1) is 18.7. The van der Waals surface area contributed by atoms with Crippen LogP contribution in [0.3, 0.4) is 0 Å². The summed E-state index contributed by atoms with van der Waals surface area (Å²) in [6.07, 6.45) is 0.195. The number of halogens is 2. The lowest BCUT2D eigenvalue weighted by atomic mass is 9.94. The molecule has 0 radical (unpaired) electrons. The number of fused-ring (bicyclic) bond motifs is 1. The molecule has 0 spiro atoms. The molecule has 26 heavy (non-hydrogen) atoms. The van der Waals surface area contributed by atoms with Gasteiger partial charge in [-0.05, 0) is 39.7 Å². The van der Waals surface area contributed by atoms with E-state index < -0.39 is 17.6 Å². The van der Waals surface area contributed by atoms with Gasteiger partial charge in [0, 0.05) is 30.9 Å². The molecule has 1 saturated carbocycles. The molecule has 1 N–H and O–H groups in total. The molecule has 1 aliphatic carbocycles. The zero-order chi connectivity index (χ0) is 18.9. The van der Waals surface area contributed by atoms with Crippen molar-refractivity contribution in [3.63, 3.8) is 0 Å². The number of alkyl halides is 2. The van der Waals surface area contributed by atoms with Gasteiger partial charge in [-0.15, -0.1) is 0 Å². The van der Waals surface area contributed by atoms with Crippen molar-refractivity contribution in [3.05, 3.63) is 17.7 Å². The van der Waals surface area contributed by atoms with E-state index in [2.05, 4.69) is 5.32 Å². The molecule has 3 rings (SSSR count). The first-order valence-corrected chi connectivity index (χ1v) is 8.95. The van der Waals surface area contributed by atoms with E-state index in [9.17, 15) is 13.6 Å². The van der Waals surface area contributed by atoms with Crippen molar-refractivity contribution >= 4 is 11.8 Å². The third-order valence-electron chi connectivity index (χ3n) is 4.36. The summed E-state index contributed by atoms with van der Waals surface area (Å²) in [5.74, 6) is -1.43. The number of nitrogens with one attached hydrogen (secondary N) is 1. The van der Waals surface area contributed by atoms with Crippen molar-refractivity contribution in [2.75, 3.05) is 11.9 Å². The third kappa shape index (κ3) is 4.77. The van der Waals surface area contributed by atoms with Gasteiger partial charge in [-0.25, -0.2) is 13.6 Å². The maximum absolute atomic E-state index is 13.3. The highest BCUT2D eigenvalue weighted by molar-refractivity contribution is 5.88. The summed E-state index contributed by atoms with van der Waals surface area (Å²) < 4.78 is 43.4. The Bertz CT molecular complexity index is 675. The number of hydrogen-bond donors (Lipinski definition) is 1. The first-order valence-electron chi connectivity index (χ1n) is 8.95. The lowest BCUT2D eigenvalue weighted by molar-refractivity contribution is -0.0582. The fraction of sp³-hybridized carbons (Fsp3) is 0.632. The van der Waals surface area contributed by atoms with Crippen molar-refractivity contribution in [2.24, 2.45) is 0 Å². The minimum Gasteiger partial charge on any atom is -0.491 e. The van der Waals surface area contributed by atoms with E-state index in [-0.39, 0.29) is 18.9 Å². The molecule has 1 fully saturated rings. The lowest BCUT2D eigenvalue weighted by Crippen LogP contribution is -2.30. The van der Waals surface area contributed by atoms with Gasteiger partial charge in [0.25, 0.3) is 0 Å². The van der Waals surface area contributed by atoms with Gasteiger partial charge in [0.05, 0.1) is 18.4 Å². The van der Waals surface area contributed by atoms with Crippen LogP contribution in [0.1, 0.15) is 52.0 Å². The molecule has 5 nitrogen and oxygen atoms in total. The second kappa shape index (κ2) is 6.93. The van der Waals surface area contributed by atoms with Gasteiger partial charge in [-0.1, -0.05) is 0 Å². The van der Waals surface area contributed by atoms with Crippen LogP contribution in [0.15, 0.2) is 12.1 Å². The Hall–Kier alpha value is -2.05. The predicted octanol–water partition coefficient (Wildman–Crippen LogP) is 4.93. The highest BCUT2D eigenvalue weighted by Crippen LogP contribution is 2.40. The normalized spacial score (nSPS) is 19.4. The minimum atomic E-state index is -2.59. The van der Waals surface area contributed by atoms with Gasteiger partial charge in [-0.3, -0.25) is 5.32 Å². The molecule has 0 unspecified atom stereocenters. The van der Waals surface area contributed by atoms with Gasteiger partial charge < -0.3 is 14.2 Å². The topological polar surface area (TPSA) is 56.8 Å². The Morgan fingerprint density at radius 1 is 1.27 bits per heavy atom. The summed E-state index contributed by atoms with van der Waals surface area (Å²) in [7, 11) is 0. The number of amides is 1. The second-order valence-corrected chi connectivity index (χ2v) is 7.86. The molecule has 1 heterocycles. The van der Waals surface area contributed by atoms with Crippen LogP contribution in [0, 0.1) is 0 Å². The number of benzene rings is 1. The van der Waals surface area contributed by atoms with Gasteiger partial charge in [-0.2, -0.15) is 0 Å². The highest BCUT2D eigenvalue weighted by Gasteiger charge is 2.36. The molecule has 1 aromatic carbocycles. The predicted molar refractivity (Wildman–Crippen MR) is 93.3 cm³/mol. The number of carbonyl (C=O) groups is 1. The van der Waals surface area contributed by atoms with E-state index in [1.54, 1.807) is 26.8 Å². The average molecular weight is 369 g/mol. The van der Waals surface area contributed by atoms with Crippen molar-refractivity contribution in [2.45, 2.75) is 70.5 Å². The quantitative estimate of drug-likeness (QED) is 0.821. The molecule has 0 aromatic heterocycles. The SMILES string of the molecule is CC(C)(C)OC(=O)Nc1cc(OC2CCC(F)(F)CC2)cc2c1OCC2. The number of ether oxygens (including phenoxy) is 3. The molecular formula is C19H25F2NO4. The number of anilines is 1. The molecule has 0 bridgehead atoms. The van der Waals surface area contributed by atoms with Crippen LogP contribution in [0.2, 0.25) is 0 Å². The van der Waals surface area contributed by atoms with Gasteiger partial charge in [0.15, 0.2) is 0 Å². The van der Waals surface area contributed by atoms with Crippen LogP contribution >= 0.6 is 0 Å². The number of carbonyl (C=O) groups excluding carboxylic acids is 1. The van der Waals surface area contributed by atoms with Gasteiger partial charge >= 0.3 is 6.09 Å². The zero-order valence-corrected chi connectivity index (χ0v) is 15.4. The average Bonchev–Trinajstić information content (AvgIpc) is 2.96. The van der Waals surface area contributed by atoms with E-state index in [1.807, 2.05) is 6.07 Å². The fourth-order valence-corrected chi connectivity index (χ4v) is 3.18. The van der Waals surface area contributed by atoms with Crippen LogP contribution in [-0.2, 0) is 11.2 Å². The van der Waals surface area contributed by atoms with Crippen molar-refractivity contribution in [1.29, 1.82) is 0 Å². The maximum atomic E-state index is 13.3. The molecular weight excluding hydrogens is 344 g/mol. The molecule has 1 aromatic rings. The summed E-state index contributed by atoms with van der Waals surface area (Å²) in [4.78, 5) is 12.1. The van der Waals surface area contributed by atoms with E-state index in [4.69, 9.17) is 14.2 Å². The van der Waals surface area contributed by atoms with Crippen LogP contribution in [0.25, 0.3) is 0 Å². The molecule has 0 atom stereocenters. The lowest BCUT2D eigenvalue weighted by Gasteiger charge is -2.29. The second-order valence-electron chi connectivity index (χ2n) is 7.86. The van der Waals surface area contributed by atoms with Crippen molar-refractivity contribution < 1.29 is 27.8 Å². The maximum Gasteiger partial charge on any atom is 0.412 e. The van der Waals surface area contributed by atoms with Crippen LogP contribution in [0.5, 0.6) is 11.5 Å². The highest BCUT2D eigenvalue weighted by atomic mass is 19.3. The molecule has 7 heteroatoms. The molecule has 1 aliphatic heterocycles. The molecule has 2 aliphatic rings. The summed E-state index contributed by atoms with van der Waals surface area (Å²) in [5.41, 5.74) is 0.787. The first-order chi connectivity index (χ1) is 12.1. The van der Waals surface area contributed by atoms with Crippen molar-refractivity contribution in [3.8, 4) is 11.5 Å². The Balaban J connectivity index is 1.73. The van der Waals surface area contributed by atoms with E-state index in [0.29, 0.717) is 43.1 Å². The summed E-state index contributed by atoms with van der Waals surface area (Å²) >= 11 is 0. The Labute approximate surface area is 152 Å². The molecule has 144 valence electrons. The van der Waals surface area contributed by atoms with E-state index in [1.165, 1.54) is 0 Å². The summed E-state index contributed by atoms with van der Waals surface area (Å²) in [6, 6.07) is 3.52. The number of rotatable bonds is 3. The Morgan fingerprint density at radius 3 is 2.62 bits per heavy atom. The van der Waals surface area contributed by atoms with Crippen LogP contribution < -0.4 is 14.8 Å². The van der Waals surface area contributed by atoms with E-state index in [0.717, 1.165) is 5.56 Å². The largest absolute Gasteiger partial charge is 0.491 e. The number of hydrogen-bond acceptors (Lipinski definition) is 4. The monoisotopic (exact) mass is 369 g/mol. The van der Waals surface area contributed by atoms with Gasteiger partial charge in [0.2, 0.25) is 5.92 Å². The fourth-order valence-electron chi connectivity index (χ4n) is 3.18. The Kier molecular flexibility index (Phi) is 4.99. The van der Waals surface area contributed by atoms with Crippen LogP contribution in [-0.4, -0.2) is 30.3 Å². The standard InChI is InChI=1S/C19H25F2NO4/c1-18(2,3)26-17(23)22-15-11-14(10-12-6-9-24-16(12)15)25-13-4-7-19(20,21)8-5-13/h10-11,13H,4-9H2,1-3H3,(H,22,23). The van der Waals surface area contributed by atoms with Gasteiger partial charge in [0.1, 0.15) is 17.1 Å². The van der Waals surface area contributed by atoms with Crippen molar-refractivity contribution in [1.82, 2.24) is 0 Å². The zero-order valence-electron chi connectivity index (χ0n) is 15.4. The summed E-state index contributed by atoms with van der Waals surface area (Å²) in [6.45, 7) is 5.88. The Morgan fingerprint density at radius 2 is 1.96 bits per heavy atom. The third-order valence-corrected chi connectivity index (χ3v) is 4.36. The van der Waals surface area contributed by atoms with Crippen LogP contribution in [0.4, 0.5) is 19.3 Å². The smallest absolute Gasteiger partial charge is 0.412 e.